The molecule has 0 spiro atoms. The zero-order valence-electron chi connectivity index (χ0n) is 13.0. The normalized spacial score (nSPS) is 29.9. The quantitative estimate of drug-likeness (QED) is 0.897. The summed E-state index contributed by atoms with van der Waals surface area (Å²) < 4.78 is 0. The second-order valence-electron chi connectivity index (χ2n) is 7.23. The van der Waals surface area contributed by atoms with E-state index >= 15 is 0 Å². The molecule has 1 unspecified atom stereocenters. The first-order valence-corrected chi connectivity index (χ1v) is 8.11. The van der Waals surface area contributed by atoms with E-state index in [4.69, 9.17) is 5.73 Å². The summed E-state index contributed by atoms with van der Waals surface area (Å²) in [4.78, 5) is 2.72. The van der Waals surface area contributed by atoms with E-state index in [1.165, 1.54) is 43.2 Å². The van der Waals surface area contributed by atoms with Gasteiger partial charge >= 0.3 is 0 Å². The highest BCUT2D eigenvalue weighted by Gasteiger charge is 2.51. The number of hydrogen-bond acceptors (Lipinski definition) is 2. The molecule has 0 radical (unpaired) electrons. The number of rotatable bonds is 2. The van der Waals surface area contributed by atoms with E-state index in [0.29, 0.717) is 5.41 Å². The van der Waals surface area contributed by atoms with Gasteiger partial charge < -0.3 is 5.73 Å². The van der Waals surface area contributed by atoms with Gasteiger partial charge in [0.15, 0.2) is 0 Å². The average molecular weight is 272 g/mol. The summed E-state index contributed by atoms with van der Waals surface area (Å²) in [6.07, 6.45) is 6.26. The predicted octanol–water partition coefficient (Wildman–Crippen LogP) is 2.99. The van der Waals surface area contributed by atoms with Gasteiger partial charge in [-0.25, -0.2) is 0 Å². The lowest BCUT2D eigenvalue weighted by atomic mass is 9.73. The van der Waals surface area contributed by atoms with E-state index < -0.39 is 0 Å². The van der Waals surface area contributed by atoms with Crippen molar-refractivity contribution < 1.29 is 0 Å². The molecule has 1 aromatic rings. The predicted molar refractivity (Wildman–Crippen MR) is 84.8 cm³/mol. The van der Waals surface area contributed by atoms with Crippen LogP contribution in [0.2, 0.25) is 0 Å². The van der Waals surface area contributed by atoms with Crippen LogP contribution >= 0.6 is 0 Å². The van der Waals surface area contributed by atoms with E-state index in [-0.39, 0.29) is 5.54 Å². The van der Waals surface area contributed by atoms with E-state index in [9.17, 15) is 0 Å². The molecule has 2 heteroatoms. The first-order chi connectivity index (χ1) is 9.59. The fourth-order valence-corrected chi connectivity index (χ4v) is 4.58. The summed E-state index contributed by atoms with van der Waals surface area (Å²) in [5, 5.41) is 0. The summed E-state index contributed by atoms with van der Waals surface area (Å²) in [5.74, 6) is 0. The zero-order chi connectivity index (χ0) is 14.2. The van der Waals surface area contributed by atoms with Gasteiger partial charge in [-0.1, -0.05) is 44.5 Å². The van der Waals surface area contributed by atoms with Crippen LogP contribution in [0.15, 0.2) is 24.3 Å². The topological polar surface area (TPSA) is 29.3 Å². The Morgan fingerprint density at radius 1 is 1.05 bits per heavy atom. The van der Waals surface area contributed by atoms with E-state index in [2.05, 4.69) is 43.0 Å². The third kappa shape index (κ3) is 2.10. The molecule has 0 saturated heterocycles. The minimum Gasteiger partial charge on any atom is -0.329 e. The lowest BCUT2D eigenvalue weighted by Crippen LogP contribution is -2.60. The second-order valence-corrected chi connectivity index (χ2v) is 7.23. The summed E-state index contributed by atoms with van der Waals surface area (Å²) in [7, 11) is 0. The van der Waals surface area contributed by atoms with Gasteiger partial charge in [0, 0.05) is 25.2 Å². The van der Waals surface area contributed by atoms with Crippen LogP contribution in [-0.4, -0.2) is 30.1 Å². The van der Waals surface area contributed by atoms with Crippen molar-refractivity contribution in [2.75, 3.05) is 19.6 Å². The van der Waals surface area contributed by atoms with Crippen molar-refractivity contribution in [1.29, 1.82) is 0 Å². The molecule has 1 fully saturated rings. The summed E-state index contributed by atoms with van der Waals surface area (Å²) in [6, 6.07) is 8.95. The summed E-state index contributed by atoms with van der Waals surface area (Å²) in [5.41, 5.74) is 9.93. The first-order valence-electron chi connectivity index (χ1n) is 8.11. The van der Waals surface area contributed by atoms with Crippen LogP contribution in [0.4, 0.5) is 0 Å². The Hall–Kier alpha value is -0.860. The second kappa shape index (κ2) is 5.16. The molecule has 110 valence electrons. The molecule has 1 aliphatic carbocycles. The van der Waals surface area contributed by atoms with Gasteiger partial charge in [0.05, 0.1) is 0 Å². The van der Waals surface area contributed by atoms with Gasteiger partial charge in [-0.2, -0.15) is 0 Å². The Labute approximate surface area is 123 Å². The van der Waals surface area contributed by atoms with Gasteiger partial charge in [-0.3, -0.25) is 4.90 Å². The molecule has 1 aromatic carbocycles. The standard InChI is InChI=1S/C18H28N2/c1-17(2)10-5-11-18(17,14-19)20-12-8-15-6-3-4-7-16(15)9-13-20/h3-4,6-7H,5,8-14,19H2,1-2H3. The molecule has 1 aliphatic heterocycles. The minimum atomic E-state index is 0.217. The maximum absolute atomic E-state index is 6.29. The maximum Gasteiger partial charge on any atom is 0.0382 e. The first kappa shape index (κ1) is 14.1. The number of benzene rings is 1. The van der Waals surface area contributed by atoms with Crippen molar-refractivity contribution in [1.82, 2.24) is 4.90 Å². The van der Waals surface area contributed by atoms with Crippen LogP contribution in [0.25, 0.3) is 0 Å². The van der Waals surface area contributed by atoms with Gasteiger partial charge in [-0.05, 0) is 42.2 Å². The molecule has 2 N–H and O–H groups in total. The smallest absolute Gasteiger partial charge is 0.0382 e. The Morgan fingerprint density at radius 2 is 1.65 bits per heavy atom. The van der Waals surface area contributed by atoms with Crippen LogP contribution in [0.3, 0.4) is 0 Å². The summed E-state index contributed by atoms with van der Waals surface area (Å²) >= 11 is 0. The SMILES string of the molecule is CC1(C)CCCC1(CN)N1CCc2ccccc2CC1. The molecule has 2 aliphatic rings. The molecule has 1 heterocycles. The van der Waals surface area contributed by atoms with Crippen LogP contribution in [-0.2, 0) is 12.8 Å². The van der Waals surface area contributed by atoms with E-state index in [1.807, 2.05) is 0 Å². The van der Waals surface area contributed by atoms with Crippen LogP contribution in [0, 0.1) is 5.41 Å². The minimum absolute atomic E-state index is 0.217. The average Bonchev–Trinajstić information content (AvgIpc) is 2.63. The third-order valence-corrected chi connectivity index (χ3v) is 6.02. The van der Waals surface area contributed by atoms with Gasteiger partial charge in [0.25, 0.3) is 0 Å². The van der Waals surface area contributed by atoms with Crippen molar-refractivity contribution in [3.63, 3.8) is 0 Å². The molecule has 1 saturated carbocycles. The zero-order valence-corrected chi connectivity index (χ0v) is 13.0. The molecule has 0 bridgehead atoms. The van der Waals surface area contributed by atoms with Gasteiger partial charge in [-0.15, -0.1) is 0 Å². The number of nitrogens with zero attached hydrogens (tertiary/aromatic N) is 1. The number of hydrogen-bond donors (Lipinski definition) is 1. The van der Waals surface area contributed by atoms with Gasteiger partial charge in [0.2, 0.25) is 0 Å². The number of nitrogens with two attached hydrogens (primary N) is 1. The fourth-order valence-electron chi connectivity index (χ4n) is 4.58. The maximum atomic E-state index is 6.29. The Bertz CT molecular complexity index is 453. The van der Waals surface area contributed by atoms with Crippen molar-refractivity contribution >= 4 is 0 Å². The molecule has 20 heavy (non-hydrogen) atoms. The summed E-state index contributed by atoms with van der Waals surface area (Å²) in [6.45, 7) is 7.97. The highest BCUT2D eigenvalue weighted by Crippen LogP contribution is 2.49. The highest BCUT2D eigenvalue weighted by molar-refractivity contribution is 5.29. The Kier molecular flexibility index (Phi) is 3.64. The van der Waals surface area contributed by atoms with Gasteiger partial charge in [0.1, 0.15) is 0 Å². The monoisotopic (exact) mass is 272 g/mol. The molecule has 0 amide bonds. The highest BCUT2D eigenvalue weighted by atomic mass is 15.2. The molecular weight excluding hydrogens is 244 g/mol. The Balaban J connectivity index is 1.86. The molecule has 3 rings (SSSR count). The van der Waals surface area contributed by atoms with Crippen molar-refractivity contribution in [3.05, 3.63) is 35.4 Å². The van der Waals surface area contributed by atoms with Crippen molar-refractivity contribution in [3.8, 4) is 0 Å². The molecular formula is C18H28N2. The number of fused-ring (bicyclic) bond motifs is 1. The fraction of sp³-hybridized carbons (Fsp3) is 0.667. The van der Waals surface area contributed by atoms with Crippen molar-refractivity contribution in [2.24, 2.45) is 11.1 Å². The van der Waals surface area contributed by atoms with E-state index in [0.717, 1.165) is 19.6 Å². The lowest BCUT2D eigenvalue weighted by molar-refractivity contribution is 0.0158. The lowest BCUT2D eigenvalue weighted by Gasteiger charge is -2.49. The molecule has 2 nitrogen and oxygen atoms in total. The van der Waals surface area contributed by atoms with Crippen LogP contribution in [0.1, 0.15) is 44.2 Å². The largest absolute Gasteiger partial charge is 0.329 e. The Morgan fingerprint density at radius 3 is 2.10 bits per heavy atom. The van der Waals surface area contributed by atoms with Crippen LogP contribution in [0.5, 0.6) is 0 Å². The van der Waals surface area contributed by atoms with E-state index in [1.54, 1.807) is 0 Å². The molecule has 1 atom stereocenters. The van der Waals surface area contributed by atoms with Crippen molar-refractivity contribution in [2.45, 2.75) is 51.5 Å². The van der Waals surface area contributed by atoms with Crippen LogP contribution < -0.4 is 5.73 Å². The molecule has 0 aromatic heterocycles. The third-order valence-electron chi connectivity index (χ3n) is 6.02.